The van der Waals surface area contributed by atoms with Gasteiger partial charge in [0, 0.05) is 32.4 Å². The number of carboxylic acids is 12. The van der Waals surface area contributed by atoms with Gasteiger partial charge in [-0.05, 0) is 89.9 Å². The molecule has 8 heterocycles. The molecule has 0 aromatic carbocycles. The fourth-order valence-corrected chi connectivity index (χ4v) is 15.9. The van der Waals surface area contributed by atoms with Gasteiger partial charge in [-0.3, -0.25) is 47.9 Å². The number of carboxylic acid groups (broad SMARTS) is 12. The molecule has 55 nitrogen and oxygen atoms in total. The Morgan fingerprint density at radius 1 is 0.350 bits per heavy atom. The number of amides is 8. The van der Waals surface area contributed by atoms with Crippen LogP contribution in [0.2, 0.25) is 0 Å². The molecule has 4 aromatic rings. The summed E-state index contributed by atoms with van der Waals surface area (Å²) in [6.07, 6.45) is 22.0. The Labute approximate surface area is 781 Å². The van der Waals surface area contributed by atoms with Crippen LogP contribution in [0, 0.1) is 39.9 Å². The molecule has 8 amide bonds. The molecule has 0 unspecified atom stereocenters. The van der Waals surface area contributed by atoms with Crippen molar-refractivity contribution in [3.05, 3.63) is 113 Å². The molecule has 4 aliphatic rings. The Morgan fingerprint density at radius 3 is 0.912 bits per heavy atom. The molecule has 0 fully saturated rings. The number of rotatable bonds is 57. The maximum atomic E-state index is 13.2. The normalized spacial score (nSPS) is 15.6. The number of aromatic nitrogens is 8. The summed E-state index contributed by atoms with van der Waals surface area (Å²) in [5.74, 6) is -14.2. The van der Waals surface area contributed by atoms with E-state index in [2.05, 4.69) is 71.8 Å². The van der Waals surface area contributed by atoms with Crippen molar-refractivity contribution in [2.45, 2.75) is 244 Å². The van der Waals surface area contributed by atoms with Gasteiger partial charge < -0.3 is 109 Å². The molecule has 0 saturated carbocycles. The van der Waals surface area contributed by atoms with Gasteiger partial charge in [0.05, 0.1) is 19.1 Å². The number of nitrogens with zero attached hydrogens (tertiary/aromatic N) is 12. The number of unbranched alkanes of at least 4 members (excludes halogenated alkanes) is 10. The van der Waals surface area contributed by atoms with Crippen LogP contribution in [-0.4, -0.2) is 288 Å². The second-order valence-corrected chi connectivity index (χ2v) is 31.0. The molecule has 748 valence electrons. The monoisotopic (exact) mass is 1940 g/mol. The Hall–Kier alpha value is -14.8. The number of fused-ring (bicyclic) bond motifs is 10. The SMILES string of the molecule is C.N[C@@H](CCCC[N+]12Cc3n(cc[n+]3CC(=O)O)C1n1cc[n+](CC(=O)O)c1C2)C(=O)NCCCC[C@H](NC(=O)N[C@@H](CCC(=O)O)C(=O)O)C(=O)O.O=C(O)CC[C@H](NC(=O)N[C@@H](CCCCNC(=O)CCCCCCCCCC[N+]12Cc3n(cc[n+]3CC(=O)N(CC(=O)O)CC(=O)O)C1n1cc[n+](CC(=O)N(CC(=O)O)CC(=O)O)c1C2)C(=O)O)C(=O)O.[C-]#[O+].[C-]#[O+].[C-]#[O+].[C-]#[O+].[C-]#[O+].[C-]#[O+]. The molecule has 137 heavy (non-hydrogen) atoms. The second kappa shape index (κ2) is 63.4. The quantitative estimate of drug-likeness (QED) is 0.00678. The Morgan fingerprint density at radius 2 is 0.620 bits per heavy atom. The fourth-order valence-electron chi connectivity index (χ4n) is 15.9. The number of hydrogen-bond acceptors (Lipinski definition) is 19. The van der Waals surface area contributed by atoms with Crippen molar-refractivity contribution in [3.63, 3.8) is 0 Å². The topological polar surface area (TPSA) is 809 Å². The average Bonchev–Trinajstić information content (AvgIpc) is 1.55. The van der Waals surface area contributed by atoms with E-state index in [4.69, 9.17) is 43.9 Å². The van der Waals surface area contributed by atoms with Crippen molar-refractivity contribution < 1.29 is 203 Å². The first-order valence-electron chi connectivity index (χ1n) is 41.7. The number of carbonyl (C=O) groups excluding carboxylic acids is 6. The number of nitrogens with two attached hydrogens (primary N) is 1. The van der Waals surface area contributed by atoms with Gasteiger partial charge in [0.15, 0.2) is 52.4 Å². The van der Waals surface area contributed by atoms with Gasteiger partial charge in [0.25, 0.3) is 11.8 Å². The zero-order chi connectivity index (χ0) is 103. The molecule has 20 N–H and O–H groups in total. The summed E-state index contributed by atoms with van der Waals surface area (Å²) in [4.78, 5) is 213. The van der Waals surface area contributed by atoms with Crippen LogP contribution in [0.1, 0.15) is 185 Å². The Kier molecular flexibility index (Phi) is 56.6. The van der Waals surface area contributed by atoms with Crippen LogP contribution >= 0.6 is 0 Å². The van der Waals surface area contributed by atoms with Crippen molar-refractivity contribution in [2.24, 2.45) is 5.73 Å². The molecule has 4 aromatic heterocycles. The molecular weight excluding hydrogens is 1830 g/mol. The molecule has 8 rings (SSSR count). The van der Waals surface area contributed by atoms with E-state index in [9.17, 15) is 137 Å². The van der Waals surface area contributed by atoms with E-state index in [1.54, 1.807) is 55.4 Å². The van der Waals surface area contributed by atoms with Gasteiger partial charge in [0.2, 0.25) is 11.8 Å². The van der Waals surface area contributed by atoms with Crippen LogP contribution in [0.5, 0.6) is 0 Å². The zero-order valence-electron chi connectivity index (χ0n) is 73.6. The van der Waals surface area contributed by atoms with Crippen molar-refractivity contribution >= 4 is 107 Å². The van der Waals surface area contributed by atoms with E-state index in [1.807, 2.05) is 30.7 Å². The first-order chi connectivity index (χ1) is 64.7. The molecule has 0 aliphatic carbocycles. The second-order valence-electron chi connectivity index (χ2n) is 31.0. The van der Waals surface area contributed by atoms with E-state index < -0.39 is 165 Å². The summed E-state index contributed by atoms with van der Waals surface area (Å²) in [5.41, 5.74) is 6.16. The summed E-state index contributed by atoms with van der Waals surface area (Å²) in [5, 5.41) is 125. The van der Waals surface area contributed by atoms with E-state index in [-0.39, 0.29) is 96.8 Å². The molecule has 0 saturated heterocycles. The first kappa shape index (κ1) is 122. The van der Waals surface area contributed by atoms with Crippen molar-refractivity contribution in [3.8, 4) is 0 Å². The van der Waals surface area contributed by atoms with Crippen molar-refractivity contribution in [1.29, 1.82) is 0 Å². The van der Waals surface area contributed by atoms with Crippen molar-refractivity contribution in [2.75, 3.05) is 52.4 Å². The molecular formula is C82H115N19O36+6. The van der Waals surface area contributed by atoms with E-state index in [0.29, 0.717) is 106 Å². The van der Waals surface area contributed by atoms with Crippen LogP contribution in [0.15, 0.2) is 49.6 Å². The number of imidazole rings is 4. The maximum absolute atomic E-state index is 13.2. The average molecular weight is 1940 g/mol. The van der Waals surface area contributed by atoms with Crippen LogP contribution in [0.25, 0.3) is 0 Å². The minimum absolute atomic E-state index is 0. The fraction of sp³-hybridized carbons (Fsp3) is 0.561. The van der Waals surface area contributed by atoms with Crippen LogP contribution in [0.4, 0.5) is 9.59 Å². The summed E-state index contributed by atoms with van der Waals surface area (Å²) >= 11 is 0. The molecule has 0 spiro atoms. The predicted octanol–water partition coefficient (Wildman–Crippen LogP) is -3.28. The van der Waals surface area contributed by atoms with Crippen LogP contribution in [-0.2, 0) is 157 Å². The van der Waals surface area contributed by atoms with Gasteiger partial charge in [-0.25, -0.2) is 65.6 Å². The van der Waals surface area contributed by atoms with Gasteiger partial charge in [-0.1, -0.05) is 39.5 Å². The third-order valence-electron chi connectivity index (χ3n) is 21.8. The summed E-state index contributed by atoms with van der Waals surface area (Å²) in [6.45, 7) is 26.6. The minimum atomic E-state index is -1.52. The van der Waals surface area contributed by atoms with Gasteiger partial charge in [0.1, 0.15) is 99.9 Å². The number of hydrogen-bond donors (Lipinski definition) is 19. The first-order valence-corrected chi connectivity index (χ1v) is 41.7. The van der Waals surface area contributed by atoms with Gasteiger partial charge in [-0.15, -0.1) is 18.3 Å². The number of nitrogens with one attached hydrogen (secondary N) is 6. The third-order valence-corrected chi connectivity index (χ3v) is 21.8. The molecule has 0 bridgehead atoms. The molecule has 5 atom stereocenters. The molecule has 0 radical (unpaired) electrons. The summed E-state index contributed by atoms with van der Waals surface area (Å²) < 4.78 is 60.8. The molecule has 4 aliphatic heterocycles. The van der Waals surface area contributed by atoms with Crippen molar-refractivity contribution in [1.82, 2.24) is 60.0 Å². The zero-order valence-corrected chi connectivity index (χ0v) is 73.6. The number of aliphatic carboxylic acids is 12. The van der Waals surface area contributed by atoms with E-state index in [0.717, 1.165) is 78.0 Å². The Bertz CT molecular complexity index is 4660. The summed E-state index contributed by atoms with van der Waals surface area (Å²) in [7, 11) is 0. The van der Waals surface area contributed by atoms with Gasteiger partial charge >= 0.3 is 187 Å². The number of urea groups is 2. The number of quaternary nitrogens is 2. The standard InChI is InChI=1S/C44H62N10O18.C31H43N9O12.6CO.CH4/c55-31(45-15-9-8-11-29(41(68)69)46-43(72)47-30(42(70)71)13-14-36(58)59)12-7-5-3-1-2-4-6-10-20-54-27-32-48(21-34(56)50(23-37(60)61)24-38(62)63)16-18-52(32)44(54)53-19-17-49(33(53)28-54)22-35(57)51(25-39(64)65)26-40(66)67;32-19(27(47)33-9-3-1-6-20(28(48)49)34-30(52)35-21(29(50)51)7-8-24(41)42)5-2-4-14-40-17-22-36(15-25(43)44)10-12-38(22)31(40)39-13-11-37(16-26(45)46)23(39)18-40;6*1-2;/h16-19,29-30,44H,1-15,20-28H2,(H7-3,45,46,47,55,58,59,60,61,62,63,64,65,66,67,68,69,70,71,72);10-13,19-21,31H,1-9,14-18,32H2,(H5-3,33,34,35,41,42,43,44,45,46,47,48,49,50,51,52);;;;;;;1H4/p+6/t29-,30-,44?,54?;19-,20-,21-,31?,40?;;;;;;;/m00......./s1. The third kappa shape index (κ3) is 39.4. The van der Waals surface area contributed by atoms with E-state index >= 15 is 0 Å². The Balaban J connectivity index is 0.00000251. The predicted molar refractivity (Wildman–Crippen MR) is 442 cm³/mol. The molecule has 55 heteroatoms. The summed E-state index contributed by atoms with van der Waals surface area (Å²) in [6, 6.07) is -8.63. The number of carbonyl (C=O) groups is 18. The van der Waals surface area contributed by atoms with Crippen LogP contribution in [0.3, 0.4) is 0 Å². The van der Waals surface area contributed by atoms with Gasteiger partial charge in [-0.2, -0.15) is 0 Å². The van der Waals surface area contributed by atoms with Crippen LogP contribution < -0.4 is 55.9 Å². The van der Waals surface area contributed by atoms with E-state index in [1.165, 1.54) is 0 Å².